The Morgan fingerprint density at radius 1 is 1.26 bits per heavy atom. The van der Waals surface area contributed by atoms with E-state index in [1.54, 1.807) is 12.3 Å². The molecule has 0 aliphatic heterocycles. The van der Waals surface area contributed by atoms with Crippen LogP contribution in [0.4, 0.5) is 0 Å². The molecule has 4 nitrogen and oxygen atoms in total. The minimum atomic E-state index is -0.882. The fourth-order valence-corrected chi connectivity index (χ4v) is 2.04. The molecule has 0 saturated heterocycles. The largest absolute Gasteiger partial charge is 0.481 e. The van der Waals surface area contributed by atoms with E-state index in [2.05, 4.69) is 6.92 Å². The normalized spacial score (nSPS) is 10.6. The topological polar surface area (TPSA) is 59.3 Å². The molecule has 0 aliphatic carbocycles. The summed E-state index contributed by atoms with van der Waals surface area (Å²) in [6.45, 7) is 2.43. The van der Waals surface area contributed by atoms with Crippen molar-refractivity contribution in [3.8, 4) is 0 Å². The number of carboxylic acid groups (broad SMARTS) is 1. The van der Waals surface area contributed by atoms with Crippen LogP contribution in [0.2, 0.25) is 0 Å². The standard InChI is InChI=1S/C15H23NO3/c1-2-3-4-5-6-7-13-8-10-16(14(17)12-13)11-9-15(18)19/h8,10,12H,2-7,9,11H2,1H3,(H,18,19). The van der Waals surface area contributed by atoms with Crippen molar-refractivity contribution in [2.75, 3.05) is 0 Å². The number of hydrogen-bond donors (Lipinski definition) is 1. The van der Waals surface area contributed by atoms with Crippen LogP contribution in [-0.4, -0.2) is 15.6 Å². The van der Waals surface area contributed by atoms with Crippen molar-refractivity contribution in [1.29, 1.82) is 0 Å². The van der Waals surface area contributed by atoms with Crippen molar-refractivity contribution in [1.82, 2.24) is 4.57 Å². The molecule has 0 fully saturated rings. The lowest BCUT2D eigenvalue weighted by Crippen LogP contribution is -2.20. The van der Waals surface area contributed by atoms with E-state index in [0.29, 0.717) is 0 Å². The monoisotopic (exact) mass is 265 g/mol. The summed E-state index contributed by atoms with van der Waals surface area (Å²) >= 11 is 0. The molecule has 19 heavy (non-hydrogen) atoms. The quantitative estimate of drug-likeness (QED) is 0.698. The lowest BCUT2D eigenvalue weighted by molar-refractivity contribution is -0.137. The summed E-state index contributed by atoms with van der Waals surface area (Å²) in [5.74, 6) is -0.882. The number of hydrogen-bond acceptors (Lipinski definition) is 2. The number of rotatable bonds is 9. The van der Waals surface area contributed by atoms with E-state index >= 15 is 0 Å². The van der Waals surface area contributed by atoms with Crippen LogP contribution in [-0.2, 0) is 17.8 Å². The Kier molecular flexibility index (Phi) is 6.93. The van der Waals surface area contributed by atoms with E-state index in [1.807, 2.05) is 6.07 Å². The van der Waals surface area contributed by atoms with E-state index in [4.69, 9.17) is 5.11 Å². The summed E-state index contributed by atoms with van der Waals surface area (Å²) in [4.78, 5) is 22.2. The van der Waals surface area contributed by atoms with E-state index < -0.39 is 5.97 Å². The van der Waals surface area contributed by atoms with Gasteiger partial charge < -0.3 is 9.67 Å². The van der Waals surface area contributed by atoms with Crippen LogP contribution in [0.1, 0.15) is 51.0 Å². The van der Waals surface area contributed by atoms with Gasteiger partial charge in [0.2, 0.25) is 0 Å². The number of pyridine rings is 1. The van der Waals surface area contributed by atoms with Crippen molar-refractivity contribution < 1.29 is 9.90 Å². The highest BCUT2D eigenvalue weighted by atomic mass is 16.4. The molecule has 1 rings (SSSR count). The SMILES string of the molecule is CCCCCCCc1ccn(CCC(=O)O)c(=O)c1. The molecule has 1 heterocycles. The van der Waals surface area contributed by atoms with Crippen LogP contribution < -0.4 is 5.56 Å². The zero-order chi connectivity index (χ0) is 14.1. The molecule has 0 aliphatic rings. The lowest BCUT2D eigenvalue weighted by atomic mass is 10.1. The van der Waals surface area contributed by atoms with Gasteiger partial charge >= 0.3 is 5.97 Å². The number of carbonyl (C=O) groups is 1. The first-order valence-corrected chi connectivity index (χ1v) is 7.04. The molecule has 106 valence electrons. The minimum absolute atomic E-state index is 0.0176. The van der Waals surface area contributed by atoms with Crippen LogP contribution in [0.25, 0.3) is 0 Å². The Morgan fingerprint density at radius 3 is 2.63 bits per heavy atom. The number of nitrogens with zero attached hydrogens (tertiary/aromatic N) is 1. The third-order valence-electron chi connectivity index (χ3n) is 3.20. The van der Waals surface area contributed by atoms with Crippen LogP contribution in [0.15, 0.2) is 23.1 Å². The van der Waals surface area contributed by atoms with Gasteiger partial charge in [0.05, 0.1) is 6.42 Å². The van der Waals surface area contributed by atoms with Crippen LogP contribution in [0, 0.1) is 0 Å². The Hall–Kier alpha value is -1.58. The third kappa shape index (κ3) is 6.22. The molecule has 0 bridgehead atoms. The summed E-state index contributed by atoms with van der Waals surface area (Å²) in [5.41, 5.74) is 0.945. The molecule has 0 saturated carbocycles. The highest BCUT2D eigenvalue weighted by Crippen LogP contribution is 2.07. The van der Waals surface area contributed by atoms with E-state index in [1.165, 1.54) is 30.3 Å². The molecular weight excluding hydrogens is 242 g/mol. The Bertz CT molecular complexity index is 451. The van der Waals surface area contributed by atoms with Gasteiger partial charge in [0.25, 0.3) is 5.56 Å². The van der Waals surface area contributed by atoms with Gasteiger partial charge in [-0.2, -0.15) is 0 Å². The predicted octanol–water partition coefficient (Wildman–Crippen LogP) is 2.84. The Labute approximate surface area is 114 Å². The second kappa shape index (κ2) is 8.51. The average molecular weight is 265 g/mol. The second-order valence-electron chi connectivity index (χ2n) is 4.87. The van der Waals surface area contributed by atoms with Gasteiger partial charge in [0.15, 0.2) is 0 Å². The van der Waals surface area contributed by atoms with Gasteiger partial charge in [-0.1, -0.05) is 32.6 Å². The Balaban J connectivity index is 2.43. The number of aliphatic carboxylic acids is 1. The molecule has 1 aromatic heterocycles. The van der Waals surface area contributed by atoms with E-state index in [9.17, 15) is 9.59 Å². The van der Waals surface area contributed by atoms with Gasteiger partial charge in [0, 0.05) is 18.8 Å². The van der Waals surface area contributed by atoms with Gasteiger partial charge in [-0.25, -0.2) is 0 Å². The van der Waals surface area contributed by atoms with Crippen molar-refractivity contribution >= 4 is 5.97 Å². The van der Waals surface area contributed by atoms with Gasteiger partial charge in [-0.15, -0.1) is 0 Å². The van der Waals surface area contributed by atoms with Gasteiger partial charge in [-0.3, -0.25) is 9.59 Å². The zero-order valence-electron chi connectivity index (χ0n) is 11.6. The smallest absolute Gasteiger partial charge is 0.305 e. The first-order chi connectivity index (χ1) is 9.13. The van der Waals surface area contributed by atoms with Crippen molar-refractivity contribution in [3.63, 3.8) is 0 Å². The van der Waals surface area contributed by atoms with Crippen LogP contribution >= 0.6 is 0 Å². The summed E-state index contributed by atoms with van der Waals surface area (Å²) < 4.78 is 1.45. The van der Waals surface area contributed by atoms with E-state index in [-0.39, 0.29) is 18.5 Å². The van der Waals surface area contributed by atoms with E-state index in [0.717, 1.165) is 18.4 Å². The number of aryl methyl sites for hydroxylation is 2. The Morgan fingerprint density at radius 2 is 2.00 bits per heavy atom. The van der Waals surface area contributed by atoms with Crippen molar-refractivity contribution in [2.45, 2.75) is 58.4 Å². The first kappa shape index (κ1) is 15.5. The summed E-state index contributed by atoms with van der Waals surface area (Å²) in [6, 6.07) is 3.55. The fraction of sp³-hybridized carbons (Fsp3) is 0.600. The molecule has 0 radical (unpaired) electrons. The van der Waals surface area contributed by atoms with Crippen molar-refractivity contribution in [2.24, 2.45) is 0 Å². The summed E-state index contributed by atoms with van der Waals surface area (Å²) in [5, 5.41) is 8.59. The molecule has 0 atom stereocenters. The lowest BCUT2D eigenvalue weighted by Gasteiger charge is -2.06. The van der Waals surface area contributed by atoms with Crippen molar-refractivity contribution in [3.05, 3.63) is 34.2 Å². The highest BCUT2D eigenvalue weighted by molar-refractivity contribution is 5.66. The average Bonchev–Trinajstić information content (AvgIpc) is 2.37. The number of aromatic nitrogens is 1. The molecular formula is C15H23NO3. The summed E-state index contributed by atoms with van der Waals surface area (Å²) in [7, 11) is 0. The number of carboxylic acids is 1. The minimum Gasteiger partial charge on any atom is -0.481 e. The molecule has 0 aromatic carbocycles. The number of unbranched alkanes of at least 4 members (excludes halogenated alkanes) is 4. The van der Waals surface area contributed by atoms with Gasteiger partial charge in [0.1, 0.15) is 0 Å². The maximum atomic E-state index is 11.8. The highest BCUT2D eigenvalue weighted by Gasteiger charge is 2.02. The van der Waals surface area contributed by atoms with Crippen LogP contribution in [0.5, 0.6) is 0 Å². The molecule has 0 unspecified atom stereocenters. The van der Waals surface area contributed by atoms with Crippen LogP contribution in [0.3, 0.4) is 0 Å². The molecule has 0 amide bonds. The first-order valence-electron chi connectivity index (χ1n) is 7.04. The van der Waals surface area contributed by atoms with Gasteiger partial charge in [-0.05, 0) is 24.5 Å². The predicted molar refractivity (Wildman–Crippen MR) is 75.4 cm³/mol. The maximum absolute atomic E-state index is 11.8. The molecule has 0 spiro atoms. The molecule has 1 N–H and O–H groups in total. The third-order valence-corrected chi connectivity index (χ3v) is 3.20. The molecule has 4 heteroatoms. The maximum Gasteiger partial charge on any atom is 0.305 e. The zero-order valence-corrected chi connectivity index (χ0v) is 11.6. The summed E-state index contributed by atoms with van der Waals surface area (Å²) in [6.07, 6.45) is 8.69. The molecule has 1 aromatic rings. The second-order valence-corrected chi connectivity index (χ2v) is 4.87. The fourth-order valence-electron chi connectivity index (χ4n) is 2.04.